The van der Waals surface area contributed by atoms with Crippen molar-refractivity contribution in [3.63, 3.8) is 0 Å². The summed E-state index contributed by atoms with van der Waals surface area (Å²) in [5.74, 6) is -0.453. The monoisotopic (exact) mass is 490 g/mol. The number of hydrogen-bond acceptors (Lipinski definition) is 3. The number of carbonyl (C=O) groups is 2. The molecule has 0 saturated carbocycles. The summed E-state index contributed by atoms with van der Waals surface area (Å²) in [4.78, 5) is 28.4. The fraction of sp³-hybridized carbons (Fsp3) is 0.333. The zero-order valence-electron chi connectivity index (χ0n) is 21.3. The summed E-state index contributed by atoms with van der Waals surface area (Å²) < 4.78 is 20.5. The third-order valence-electron chi connectivity index (χ3n) is 6.31. The summed E-state index contributed by atoms with van der Waals surface area (Å²) in [6.07, 6.45) is 2.08. The van der Waals surface area contributed by atoms with Gasteiger partial charge in [-0.1, -0.05) is 74.0 Å². The SMILES string of the molecule is CCCCNC(=O)C(Cc1ccccc1)N(Cc1ccccc1F)C(=O)COc1cccc(C)c1C. The summed E-state index contributed by atoms with van der Waals surface area (Å²) >= 11 is 0. The van der Waals surface area contributed by atoms with Crippen molar-refractivity contribution < 1.29 is 18.7 Å². The molecule has 0 aliphatic carbocycles. The van der Waals surface area contributed by atoms with Crippen molar-refractivity contribution in [3.05, 3.63) is 101 Å². The second-order valence-electron chi connectivity index (χ2n) is 8.95. The molecule has 1 N–H and O–H groups in total. The zero-order valence-corrected chi connectivity index (χ0v) is 21.3. The lowest BCUT2D eigenvalue weighted by Crippen LogP contribution is -2.52. The number of carbonyl (C=O) groups excluding carboxylic acids is 2. The molecular formula is C30H35FN2O3. The average molecular weight is 491 g/mol. The van der Waals surface area contributed by atoms with Crippen LogP contribution in [0.5, 0.6) is 5.75 Å². The van der Waals surface area contributed by atoms with Gasteiger partial charge in [0.2, 0.25) is 5.91 Å². The van der Waals surface area contributed by atoms with E-state index in [0.29, 0.717) is 24.3 Å². The van der Waals surface area contributed by atoms with Crippen LogP contribution in [0.3, 0.4) is 0 Å². The van der Waals surface area contributed by atoms with Gasteiger partial charge < -0.3 is 15.0 Å². The number of benzene rings is 3. The topological polar surface area (TPSA) is 58.6 Å². The third kappa shape index (κ3) is 7.41. The highest BCUT2D eigenvalue weighted by molar-refractivity contribution is 5.88. The molecule has 6 heteroatoms. The van der Waals surface area contributed by atoms with Crippen LogP contribution in [-0.4, -0.2) is 35.9 Å². The molecule has 0 fully saturated rings. The Labute approximate surface area is 213 Å². The lowest BCUT2D eigenvalue weighted by atomic mass is 10.0. The van der Waals surface area contributed by atoms with Gasteiger partial charge in [-0.25, -0.2) is 4.39 Å². The molecule has 0 heterocycles. The minimum atomic E-state index is -0.821. The molecular weight excluding hydrogens is 455 g/mol. The number of rotatable bonds is 12. The van der Waals surface area contributed by atoms with Crippen LogP contribution in [0, 0.1) is 19.7 Å². The van der Waals surface area contributed by atoms with E-state index in [2.05, 4.69) is 5.32 Å². The maximum atomic E-state index is 14.6. The van der Waals surface area contributed by atoms with Gasteiger partial charge in [0.1, 0.15) is 17.6 Å². The largest absolute Gasteiger partial charge is 0.483 e. The van der Waals surface area contributed by atoms with Gasteiger partial charge in [-0.3, -0.25) is 9.59 Å². The first-order valence-corrected chi connectivity index (χ1v) is 12.4. The van der Waals surface area contributed by atoms with E-state index < -0.39 is 11.9 Å². The standard InChI is InChI=1S/C30H35FN2O3/c1-4-5-18-32-30(35)27(19-24-13-7-6-8-14-24)33(20-25-15-9-10-16-26(25)31)29(34)21-36-28-17-11-12-22(2)23(28)3/h6-17,27H,4-5,18-21H2,1-3H3,(H,32,35). The fourth-order valence-electron chi connectivity index (χ4n) is 3.97. The Morgan fingerprint density at radius 2 is 1.69 bits per heavy atom. The first-order chi connectivity index (χ1) is 17.4. The minimum absolute atomic E-state index is 0.0413. The first kappa shape index (κ1) is 26.9. The molecule has 1 unspecified atom stereocenters. The van der Waals surface area contributed by atoms with Crippen molar-refractivity contribution in [2.75, 3.05) is 13.2 Å². The van der Waals surface area contributed by atoms with Crippen molar-refractivity contribution in [2.24, 2.45) is 0 Å². The van der Waals surface area contributed by atoms with Gasteiger partial charge in [0, 0.05) is 25.1 Å². The summed E-state index contributed by atoms with van der Waals surface area (Å²) in [5, 5.41) is 2.96. The van der Waals surface area contributed by atoms with Gasteiger partial charge in [0.25, 0.3) is 5.91 Å². The fourth-order valence-corrected chi connectivity index (χ4v) is 3.97. The molecule has 0 saturated heterocycles. The Hall–Kier alpha value is -3.67. The minimum Gasteiger partial charge on any atom is -0.483 e. The maximum Gasteiger partial charge on any atom is 0.261 e. The van der Waals surface area contributed by atoms with E-state index >= 15 is 0 Å². The molecule has 0 aromatic heterocycles. The molecule has 0 radical (unpaired) electrons. The summed E-state index contributed by atoms with van der Waals surface area (Å²) in [6.45, 7) is 6.18. The van der Waals surface area contributed by atoms with Crippen LogP contribution in [0.25, 0.3) is 0 Å². The quantitative estimate of drug-likeness (QED) is 0.347. The van der Waals surface area contributed by atoms with E-state index in [1.807, 2.05) is 69.3 Å². The lowest BCUT2D eigenvalue weighted by Gasteiger charge is -2.31. The Morgan fingerprint density at radius 1 is 0.972 bits per heavy atom. The summed E-state index contributed by atoms with van der Waals surface area (Å²) in [7, 11) is 0. The van der Waals surface area contributed by atoms with E-state index in [-0.39, 0.29) is 25.0 Å². The van der Waals surface area contributed by atoms with Crippen molar-refractivity contribution in [1.29, 1.82) is 0 Å². The van der Waals surface area contributed by atoms with E-state index in [4.69, 9.17) is 4.74 Å². The summed E-state index contributed by atoms with van der Waals surface area (Å²) in [6, 6.07) is 20.7. The second-order valence-corrected chi connectivity index (χ2v) is 8.95. The lowest BCUT2D eigenvalue weighted by molar-refractivity contribution is -0.142. The van der Waals surface area contributed by atoms with Crippen LogP contribution in [0.1, 0.15) is 42.0 Å². The average Bonchev–Trinajstić information content (AvgIpc) is 2.88. The molecule has 0 aliphatic rings. The normalized spacial score (nSPS) is 11.6. The molecule has 0 spiro atoms. The van der Waals surface area contributed by atoms with Crippen LogP contribution in [0.4, 0.5) is 4.39 Å². The number of hydrogen-bond donors (Lipinski definition) is 1. The van der Waals surface area contributed by atoms with Gasteiger partial charge in [0.05, 0.1) is 0 Å². The number of amides is 2. The Balaban J connectivity index is 1.91. The van der Waals surface area contributed by atoms with Gasteiger partial charge in [0.15, 0.2) is 6.61 Å². The number of nitrogens with zero attached hydrogens (tertiary/aromatic N) is 1. The molecule has 190 valence electrons. The number of nitrogens with one attached hydrogen (secondary N) is 1. The Bertz CT molecular complexity index is 1150. The molecule has 2 amide bonds. The number of unbranched alkanes of at least 4 members (excludes halogenated alkanes) is 1. The highest BCUT2D eigenvalue weighted by Gasteiger charge is 2.31. The molecule has 1 atom stereocenters. The molecule has 0 aliphatic heterocycles. The molecule has 3 rings (SSSR count). The zero-order chi connectivity index (χ0) is 25.9. The molecule has 0 bridgehead atoms. The summed E-state index contributed by atoms with van der Waals surface area (Å²) in [5.41, 5.74) is 3.26. The van der Waals surface area contributed by atoms with Crippen LogP contribution < -0.4 is 10.1 Å². The van der Waals surface area contributed by atoms with Gasteiger partial charge in [-0.2, -0.15) is 0 Å². The van der Waals surface area contributed by atoms with E-state index in [1.165, 1.54) is 11.0 Å². The third-order valence-corrected chi connectivity index (χ3v) is 6.31. The van der Waals surface area contributed by atoms with Crippen LogP contribution >= 0.6 is 0 Å². The second kappa shape index (κ2) is 13.4. The number of halogens is 1. The van der Waals surface area contributed by atoms with Crippen molar-refractivity contribution in [1.82, 2.24) is 10.2 Å². The van der Waals surface area contributed by atoms with Crippen LogP contribution in [-0.2, 0) is 22.6 Å². The Kier molecular flexibility index (Phi) is 10.0. The predicted molar refractivity (Wildman–Crippen MR) is 140 cm³/mol. The van der Waals surface area contributed by atoms with E-state index in [0.717, 1.165) is 29.5 Å². The number of aryl methyl sites for hydroxylation is 1. The molecule has 5 nitrogen and oxygen atoms in total. The number of ether oxygens (including phenoxy) is 1. The highest BCUT2D eigenvalue weighted by Crippen LogP contribution is 2.22. The van der Waals surface area contributed by atoms with Crippen molar-refractivity contribution >= 4 is 11.8 Å². The van der Waals surface area contributed by atoms with E-state index in [1.54, 1.807) is 18.2 Å². The molecule has 3 aromatic carbocycles. The first-order valence-electron chi connectivity index (χ1n) is 12.4. The molecule has 36 heavy (non-hydrogen) atoms. The Morgan fingerprint density at radius 3 is 2.42 bits per heavy atom. The smallest absolute Gasteiger partial charge is 0.261 e. The maximum absolute atomic E-state index is 14.6. The predicted octanol–water partition coefficient (Wildman–Crippen LogP) is 5.38. The van der Waals surface area contributed by atoms with Crippen molar-refractivity contribution in [2.45, 2.75) is 52.6 Å². The highest BCUT2D eigenvalue weighted by atomic mass is 19.1. The van der Waals surface area contributed by atoms with Crippen LogP contribution in [0.2, 0.25) is 0 Å². The van der Waals surface area contributed by atoms with Crippen LogP contribution in [0.15, 0.2) is 72.8 Å². The van der Waals surface area contributed by atoms with Gasteiger partial charge in [-0.15, -0.1) is 0 Å². The van der Waals surface area contributed by atoms with E-state index in [9.17, 15) is 14.0 Å². The van der Waals surface area contributed by atoms with Gasteiger partial charge >= 0.3 is 0 Å². The van der Waals surface area contributed by atoms with Gasteiger partial charge in [-0.05, 0) is 49.1 Å². The van der Waals surface area contributed by atoms with Crippen molar-refractivity contribution in [3.8, 4) is 5.75 Å². The molecule has 3 aromatic rings.